The second kappa shape index (κ2) is 46.2. The molecular weight excluding hydrogens is 774 g/mol. The van der Waals surface area contributed by atoms with Gasteiger partial charge in [0, 0.05) is 19.4 Å². The quantitative estimate of drug-likeness (QED) is 0.0239. The van der Waals surface area contributed by atoms with Crippen LogP contribution in [-0.4, -0.2) is 54.3 Å². The standard InChI is InChI=1S/C50H90NO8P/c1-3-5-7-9-11-13-15-17-19-21-23-25-27-29-31-33-35-37-39-41-43-50(54)57-46-48(52)47-59-60(55,56)58-45-44-51-49(53)42-40-38-36-34-32-30-28-26-24-22-20-18-16-14-12-10-8-6-4-2/h6,8,12,14,18,20,24,26,30,32,48,52H,3-5,7,9-11,13,15-17,19,21-23,25,27-29,31,33-47H2,1-2H3,(H,51,53)(H,55,56)/b8-6-,14-12-,20-18-,26-24-,32-30-. The average molecular weight is 864 g/mol. The Kier molecular flexibility index (Phi) is 44.5. The first kappa shape index (κ1) is 57.7. The van der Waals surface area contributed by atoms with E-state index in [0.717, 1.165) is 77.0 Å². The van der Waals surface area contributed by atoms with Crippen molar-refractivity contribution in [2.45, 2.75) is 219 Å². The number of carbonyl (C=O) groups excluding carboxylic acids is 2. The van der Waals surface area contributed by atoms with Crippen LogP contribution in [0.15, 0.2) is 60.8 Å². The van der Waals surface area contributed by atoms with Crippen molar-refractivity contribution in [1.29, 1.82) is 0 Å². The summed E-state index contributed by atoms with van der Waals surface area (Å²) in [7, 11) is -4.43. The lowest BCUT2D eigenvalue weighted by atomic mass is 10.0. The third-order valence-electron chi connectivity index (χ3n) is 10.2. The predicted octanol–water partition coefficient (Wildman–Crippen LogP) is 14.1. The maximum Gasteiger partial charge on any atom is 0.472 e. The van der Waals surface area contributed by atoms with Gasteiger partial charge in [0.25, 0.3) is 0 Å². The molecule has 0 saturated heterocycles. The molecule has 0 aromatic carbocycles. The molecule has 0 spiro atoms. The van der Waals surface area contributed by atoms with Gasteiger partial charge in [0.05, 0.1) is 13.2 Å². The van der Waals surface area contributed by atoms with Crippen LogP contribution >= 0.6 is 7.82 Å². The molecule has 0 radical (unpaired) electrons. The summed E-state index contributed by atoms with van der Waals surface area (Å²) in [6.07, 6.45) is 55.9. The monoisotopic (exact) mass is 864 g/mol. The maximum atomic E-state index is 12.1. The molecule has 0 aliphatic rings. The molecule has 348 valence electrons. The molecule has 2 unspecified atom stereocenters. The van der Waals surface area contributed by atoms with E-state index >= 15 is 0 Å². The average Bonchev–Trinajstić information content (AvgIpc) is 3.23. The Morgan fingerprint density at radius 2 is 0.950 bits per heavy atom. The number of ether oxygens (including phenoxy) is 1. The van der Waals surface area contributed by atoms with Gasteiger partial charge in [-0.25, -0.2) is 4.57 Å². The van der Waals surface area contributed by atoms with Gasteiger partial charge in [-0.15, -0.1) is 0 Å². The van der Waals surface area contributed by atoms with E-state index in [1.165, 1.54) is 109 Å². The molecular formula is C50H90NO8P. The van der Waals surface area contributed by atoms with Crippen LogP contribution in [0.25, 0.3) is 0 Å². The summed E-state index contributed by atoms with van der Waals surface area (Å²) in [5, 5.41) is 12.7. The SMILES string of the molecule is CC/C=C\C/C=C\C/C=C\C/C=C\C/C=C\CCCCCC(=O)NCCOP(=O)(O)OCC(O)COC(=O)CCCCCCCCCCCCCCCCCCCCCC. The van der Waals surface area contributed by atoms with Gasteiger partial charge in [0.15, 0.2) is 0 Å². The topological polar surface area (TPSA) is 131 Å². The molecule has 10 heteroatoms. The molecule has 1 amide bonds. The third kappa shape index (κ3) is 46.8. The van der Waals surface area contributed by atoms with E-state index in [1.54, 1.807) is 0 Å². The van der Waals surface area contributed by atoms with Gasteiger partial charge in [-0.2, -0.15) is 0 Å². The Labute approximate surface area is 368 Å². The summed E-state index contributed by atoms with van der Waals surface area (Å²) in [6.45, 7) is 3.42. The van der Waals surface area contributed by atoms with Crippen molar-refractivity contribution in [3.63, 3.8) is 0 Å². The summed E-state index contributed by atoms with van der Waals surface area (Å²) in [6, 6.07) is 0. The highest BCUT2D eigenvalue weighted by atomic mass is 31.2. The number of amides is 1. The van der Waals surface area contributed by atoms with Crippen LogP contribution in [0.5, 0.6) is 0 Å². The van der Waals surface area contributed by atoms with Crippen LogP contribution in [0.1, 0.15) is 213 Å². The lowest BCUT2D eigenvalue weighted by Gasteiger charge is -2.15. The number of phosphoric acid groups is 1. The smallest absolute Gasteiger partial charge is 0.463 e. The number of aliphatic hydroxyl groups is 1. The molecule has 0 heterocycles. The van der Waals surface area contributed by atoms with Crippen molar-refractivity contribution in [3.05, 3.63) is 60.8 Å². The van der Waals surface area contributed by atoms with Gasteiger partial charge in [-0.3, -0.25) is 18.6 Å². The minimum absolute atomic E-state index is 0.0620. The van der Waals surface area contributed by atoms with Gasteiger partial charge in [0.1, 0.15) is 12.7 Å². The number of esters is 1. The van der Waals surface area contributed by atoms with Crippen molar-refractivity contribution in [1.82, 2.24) is 5.32 Å². The summed E-state index contributed by atoms with van der Waals surface area (Å²) >= 11 is 0. The van der Waals surface area contributed by atoms with Crippen molar-refractivity contribution in [2.24, 2.45) is 0 Å². The number of hydrogen-bond acceptors (Lipinski definition) is 7. The van der Waals surface area contributed by atoms with Gasteiger partial charge >= 0.3 is 13.8 Å². The van der Waals surface area contributed by atoms with Crippen LogP contribution in [0.2, 0.25) is 0 Å². The highest BCUT2D eigenvalue weighted by molar-refractivity contribution is 7.47. The van der Waals surface area contributed by atoms with Crippen LogP contribution in [0.4, 0.5) is 0 Å². The molecule has 0 rings (SSSR count). The molecule has 2 atom stereocenters. The zero-order valence-corrected chi connectivity index (χ0v) is 39.3. The van der Waals surface area contributed by atoms with Gasteiger partial charge in [-0.1, -0.05) is 203 Å². The van der Waals surface area contributed by atoms with Crippen molar-refractivity contribution < 1.29 is 37.9 Å². The minimum atomic E-state index is -4.43. The fraction of sp³-hybridized carbons (Fsp3) is 0.760. The first-order valence-corrected chi connectivity index (χ1v) is 25.8. The largest absolute Gasteiger partial charge is 0.472 e. The number of aliphatic hydroxyl groups excluding tert-OH is 1. The Morgan fingerprint density at radius 1 is 0.533 bits per heavy atom. The van der Waals surface area contributed by atoms with Crippen molar-refractivity contribution >= 4 is 19.7 Å². The summed E-state index contributed by atoms with van der Waals surface area (Å²) < 4.78 is 26.9. The van der Waals surface area contributed by atoms with Crippen molar-refractivity contribution in [3.8, 4) is 0 Å². The Bertz CT molecular complexity index is 1170. The van der Waals surface area contributed by atoms with Crippen molar-refractivity contribution in [2.75, 3.05) is 26.4 Å². The summed E-state index contributed by atoms with van der Waals surface area (Å²) in [4.78, 5) is 34.0. The fourth-order valence-corrected chi connectivity index (χ4v) is 7.34. The maximum absolute atomic E-state index is 12.1. The summed E-state index contributed by atoms with van der Waals surface area (Å²) in [5.41, 5.74) is 0. The number of unbranched alkanes of at least 4 members (excludes halogenated alkanes) is 22. The van der Waals surface area contributed by atoms with Gasteiger partial charge in [-0.05, 0) is 57.8 Å². The highest BCUT2D eigenvalue weighted by Crippen LogP contribution is 2.42. The van der Waals surface area contributed by atoms with E-state index < -0.39 is 26.5 Å². The lowest BCUT2D eigenvalue weighted by Crippen LogP contribution is -2.27. The molecule has 0 aromatic heterocycles. The van der Waals surface area contributed by atoms with Crippen LogP contribution in [0, 0.1) is 0 Å². The van der Waals surface area contributed by atoms with Gasteiger partial charge < -0.3 is 20.1 Å². The van der Waals surface area contributed by atoms with E-state index in [-0.39, 0.29) is 32.1 Å². The van der Waals surface area contributed by atoms with Gasteiger partial charge in [0.2, 0.25) is 5.91 Å². The second-order valence-electron chi connectivity index (χ2n) is 16.1. The molecule has 0 bridgehead atoms. The van der Waals surface area contributed by atoms with E-state index in [2.05, 4.69) is 79.9 Å². The number of phosphoric ester groups is 1. The normalized spacial score (nSPS) is 13.7. The van der Waals surface area contributed by atoms with Crippen LogP contribution < -0.4 is 5.32 Å². The molecule has 0 aliphatic carbocycles. The number of carbonyl (C=O) groups is 2. The second-order valence-corrected chi connectivity index (χ2v) is 17.5. The minimum Gasteiger partial charge on any atom is -0.463 e. The molecule has 0 saturated carbocycles. The predicted molar refractivity (Wildman–Crippen MR) is 252 cm³/mol. The third-order valence-corrected chi connectivity index (χ3v) is 11.2. The first-order valence-electron chi connectivity index (χ1n) is 24.3. The number of hydrogen-bond donors (Lipinski definition) is 3. The Hall–Kier alpha value is -2.29. The molecule has 0 fully saturated rings. The molecule has 3 N–H and O–H groups in total. The molecule has 0 aliphatic heterocycles. The molecule has 0 aromatic rings. The van der Waals surface area contributed by atoms with E-state index in [9.17, 15) is 24.2 Å². The van der Waals surface area contributed by atoms with Crippen LogP contribution in [0.3, 0.4) is 0 Å². The number of rotatable bonds is 45. The fourth-order valence-electron chi connectivity index (χ4n) is 6.58. The highest BCUT2D eigenvalue weighted by Gasteiger charge is 2.23. The Morgan fingerprint density at radius 3 is 1.43 bits per heavy atom. The number of allylic oxidation sites excluding steroid dienone is 10. The van der Waals surface area contributed by atoms with Crippen LogP contribution in [-0.2, 0) is 27.9 Å². The number of nitrogens with one attached hydrogen (secondary N) is 1. The zero-order chi connectivity index (χ0) is 43.9. The summed E-state index contributed by atoms with van der Waals surface area (Å²) in [5.74, 6) is -0.546. The van der Waals surface area contributed by atoms with E-state index in [1.807, 2.05) is 0 Å². The van der Waals surface area contributed by atoms with E-state index in [0.29, 0.717) is 6.42 Å². The first-order chi connectivity index (χ1) is 29.3. The lowest BCUT2D eigenvalue weighted by molar-refractivity contribution is -0.147. The Balaban J connectivity index is 3.61. The molecule has 9 nitrogen and oxygen atoms in total. The van der Waals surface area contributed by atoms with E-state index in [4.69, 9.17) is 13.8 Å². The molecule has 60 heavy (non-hydrogen) atoms. The zero-order valence-electron chi connectivity index (χ0n) is 38.4.